The van der Waals surface area contributed by atoms with Crippen LogP contribution in [0.25, 0.3) is 66.1 Å². The average Bonchev–Trinajstić information content (AvgIpc) is 3.87. The van der Waals surface area contributed by atoms with Crippen molar-refractivity contribution in [2.45, 2.75) is 5.41 Å². The van der Waals surface area contributed by atoms with Gasteiger partial charge in [-0.15, -0.1) is 0 Å². The van der Waals surface area contributed by atoms with Crippen LogP contribution in [0.1, 0.15) is 22.3 Å². The van der Waals surface area contributed by atoms with E-state index in [2.05, 4.69) is 229 Å². The van der Waals surface area contributed by atoms with Crippen molar-refractivity contribution in [3.63, 3.8) is 0 Å². The minimum absolute atomic E-state index is 0.468. The van der Waals surface area contributed by atoms with Crippen LogP contribution < -0.4 is 4.90 Å². The van der Waals surface area contributed by atoms with E-state index in [0.29, 0.717) is 0 Å². The molecule has 1 aliphatic rings. The summed E-state index contributed by atoms with van der Waals surface area (Å²) in [5.41, 5.74) is 16.8. The molecule has 0 unspecified atom stereocenters. The van der Waals surface area contributed by atoms with Crippen molar-refractivity contribution in [1.29, 1.82) is 0 Å². The number of benzene rings is 10. The number of nitrogens with zero attached hydrogens (tertiary/aromatic N) is 1. The lowest BCUT2D eigenvalue weighted by Crippen LogP contribution is -2.28. The van der Waals surface area contributed by atoms with Gasteiger partial charge in [-0.3, -0.25) is 0 Å². The van der Waals surface area contributed by atoms with E-state index in [-0.39, 0.29) is 0 Å². The SMILES string of the molecule is c1ccc(C2(c3ccc(N(c4ccc(-c5ccc6ccccc6c5)cc4)c4cccc(-c5cccc6c5oc5ccccc56)c4)cc3)c3ccccc3-c3ccccc32)cc1. The minimum atomic E-state index is -0.468. The Hall–Kier alpha value is -7.94. The van der Waals surface area contributed by atoms with Gasteiger partial charge in [-0.25, -0.2) is 0 Å². The van der Waals surface area contributed by atoms with Crippen molar-refractivity contribution in [3.8, 4) is 33.4 Å². The molecule has 0 saturated heterocycles. The molecule has 1 heterocycles. The quantitative estimate of drug-likeness (QED) is 0.160. The monoisotopic (exact) mass is 777 g/mol. The summed E-state index contributed by atoms with van der Waals surface area (Å²) in [4.78, 5) is 2.38. The fraction of sp³-hybridized carbons (Fsp3) is 0.0169. The Morgan fingerprint density at radius 2 is 0.902 bits per heavy atom. The Balaban J connectivity index is 1.02. The van der Waals surface area contributed by atoms with Gasteiger partial charge in [-0.2, -0.15) is 0 Å². The van der Waals surface area contributed by atoms with Gasteiger partial charge < -0.3 is 9.32 Å². The topological polar surface area (TPSA) is 16.4 Å². The van der Waals surface area contributed by atoms with Crippen LogP contribution in [0.15, 0.2) is 241 Å². The van der Waals surface area contributed by atoms with Gasteiger partial charge in [-0.05, 0) is 109 Å². The molecule has 286 valence electrons. The highest BCUT2D eigenvalue weighted by molar-refractivity contribution is 6.09. The Bertz CT molecular complexity index is 3370. The van der Waals surface area contributed by atoms with Gasteiger partial charge in [0.15, 0.2) is 0 Å². The first-order valence-corrected chi connectivity index (χ1v) is 21.0. The molecule has 0 radical (unpaired) electrons. The third-order valence-corrected chi connectivity index (χ3v) is 12.7. The molecular weight excluding hydrogens is 739 g/mol. The van der Waals surface area contributed by atoms with Gasteiger partial charge in [0.25, 0.3) is 0 Å². The lowest BCUT2D eigenvalue weighted by molar-refractivity contribution is 0.670. The minimum Gasteiger partial charge on any atom is -0.455 e. The van der Waals surface area contributed by atoms with E-state index in [0.717, 1.165) is 50.1 Å². The van der Waals surface area contributed by atoms with Crippen LogP contribution >= 0.6 is 0 Å². The summed E-state index contributed by atoms with van der Waals surface area (Å²) in [6, 6.07) is 86.0. The Labute approximate surface area is 355 Å². The molecule has 0 amide bonds. The van der Waals surface area contributed by atoms with Crippen LogP contribution in [-0.4, -0.2) is 0 Å². The standard InChI is InChI=1S/C59H39NO/c1-2-17-45(18-3-1)59(55-25-9-6-20-51(55)52-21-7-10-26-56(52)59)46-32-36-48(37-33-46)60(47-34-30-41(31-35-47)43-29-28-40-14-4-5-15-42(40)38-43)49-19-12-16-44(39-49)50-23-13-24-54-53-22-8-11-27-57(53)61-58(50)54/h1-39H. The summed E-state index contributed by atoms with van der Waals surface area (Å²) in [7, 11) is 0. The maximum Gasteiger partial charge on any atom is 0.143 e. The highest BCUT2D eigenvalue weighted by Gasteiger charge is 2.45. The molecule has 1 aliphatic carbocycles. The molecule has 0 saturated carbocycles. The first-order valence-electron chi connectivity index (χ1n) is 21.0. The molecule has 0 aliphatic heterocycles. The van der Waals surface area contributed by atoms with Crippen molar-refractivity contribution in [2.24, 2.45) is 0 Å². The van der Waals surface area contributed by atoms with Crippen molar-refractivity contribution >= 4 is 49.8 Å². The predicted molar refractivity (Wildman–Crippen MR) is 254 cm³/mol. The highest BCUT2D eigenvalue weighted by atomic mass is 16.3. The molecule has 2 nitrogen and oxygen atoms in total. The van der Waals surface area contributed by atoms with E-state index < -0.39 is 5.41 Å². The largest absolute Gasteiger partial charge is 0.455 e. The van der Waals surface area contributed by atoms with Crippen LogP contribution in [0.2, 0.25) is 0 Å². The number of hydrogen-bond acceptors (Lipinski definition) is 2. The summed E-state index contributed by atoms with van der Waals surface area (Å²) in [5, 5.41) is 4.74. The van der Waals surface area contributed by atoms with Crippen molar-refractivity contribution in [3.05, 3.63) is 259 Å². The van der Waals surface area contributed by atoms with Gasteiger partial charge in [0.1, 0.15) is 11.2 Å². The first-order chi connectivity index (χ1) is 30.2. The predicted octanol–water partition coefficient (Wildman–Crippen LogP) is 15.9. The van der Waals surface area contributed by atoms with Crippen molar-refractivity contribution < 1.29 is 4.42 Å². The number of fused-ring (bicyclic) bond motifs is 7. The second-order valence-electron chi connectivity index (χ2n) is 16.0. The normalized spacial score (nSPS) is 12.7. The van der Waals surface area contributed by atoms with E-state index in [1.807, 2.05) is 12.1 Å². The summed E-state index contributed by atoms with van der Waals surface area (Å²) >= 11 is 0. The van der Waals surface area contributed by atoms with Crippen molar-refractivity contribution in [1.82, 2.24) is 0 Å². The van der Waals surface area contributed by atoms with Gasteiger partial charge in [0.2, 0.25) is 0 Å². The molecule has 61 heavy (non-hydrogen) atoms. The molecule has 0 fully saturated rings. The zero-order valence-corrected chi connectivity index (χ0v) is 33.4. The number of rotatable bonds is 7. The van der Waals surface area contributed by atoms with Crippen LogP contribution in [0.4, 0.5) is 17.1 Å². The smallest absolute Gasteiger partial charge is 0.143 e. The van der Waals surface area contributed by atoms with Gasteiger partial charge in [-0.1, -0.05) is 188 Å². The van der Waals surface area contributed by atoms with E-state index in [1.165, 1.54) is 55.3 Å². The van der Waals surface area contributed by atoms with E-state index >= 15 is 0 Å². The molecule has 2 heteroatoms. The lowest BCUT2D eigenvalue weighted by atomic mass is 9.68. The summed E-state index contributed by atoms with van der Waals surface area (Å²) in [6.45, 7) is 0. The number of hydrogen-bond donors (Lipinski definition) is 0. The van der Waals surface area contributed by atoms with Crippen LogP contribution in [0.5, 0.6) is 0 Å². The van der Waals surface area contributed by atoms with Crippen molar-refractivity contribution in [2.75, 3.05) is 4.90 Å². The Kier molecular flexibility index (Phi) is 8.11. The third-order valence-electron chi connectivity index (χ3n) is 12.7. The molecule has 0 bridgehead atoms. The summed E-state index contributed by atoms with van der Waals surface area (Å²) < 4.78 is 6.53. The maximum absolute atomic E-state index is 6.53. The lowest BCUT2D eigenvalue weighted by Gasteiger charge is -2.34. The zero-order valence-electron chi connectivity index (χ0n) is 33.4. The molecule has 0 spiro atoms. The molecule has 0 atom stereocenters. The van der Waals surface area contributed by atoms with Crippen LogP contribution in [0, 0.1) is 0 Å². The maximum atomic E-state index is 6.53. The molecular formula is C59H39NO. The van der Waals surface area contributed by atoms with E-state index in [9.17, 15) is 0 Å². The fourth-order valence-electron chi connectivity index (χ4n) is 9.98. The Morgan fingerprint density at radius 1 is 0.328 bits per heavy atom. The zero-order chi connectivity index (χ0) is 40.3. The number of anilines is 3. The van der Waals surface area contributed by atoms with E-state index in [1.54, 1.807) is 0 Å². The average molecular weight is 778 g/mol. The summed E-state index contributed by atoms with van der Waals surface area (Å²) in [5.74, 6) is 0. The van der Waals surface area contributed by atoms with Gasteiger partial charge >= 0.3 is 0 Å². The second-order valence-corrected chi connectivity index (χ2v) is 16.0. The summed E-state index contributed by atoms with van der Waals surface area (Å²) in [6.07, 6.45) is 0. The molecule has 11 aromatic rings. The number of furan rings is 1. The van der Waals surface area contributed by atoms with Gasteiger partial charge in [0.05, 0.1) is 5.41 Å². The van der Waals surface area contributed by atoms with Gasteiger partial charge in [0, 0.05) is 33.4 Å². The van der Waals surface area contributed by atoms with E-state index in [4.69, 9.17) is 4.42 Å². The number of para-hydroxylation sites is 2. The molecule has 12 rings (SSSR count). The van der Waals surface area contributed by atoms with Crippen LogP contribution in [0.3, 0.4) is 0 Å². The third kappa shape index (κ3) is 5.57. The molecule has 1 aromatic heterocycles. The van der Waals surface area contributed by atoms with Crippen LogP contribution in [-0.2, 0) is 5.41 Å². The first kappa shape index (κ1) is 35.0. The molecule has 0 N–H and O–H groups in total. The highest BCUT2D eigenvalue weighted by Crippen LogP contribution is 2.56. The second kappa shape index (κ2) is 14.1. The molecule has 10 aromatic carbocycles. The Morgan fingerprint density at radius 3 is 1.67 bits per heavy atom. The fourth-order valence-corrected chi connectivity index (χ4v) is 9.98.